The van der Waals surface area contributed by atoms with Crippen LogP contribution in [0.2, 0.25) is 0 Å². The van der Waals surface area contributed by atoms with Gasteiger partial charge in [0.25, 0.3) is 6.43 Å². The highest BCUT2D eigenvalue weighted by molar-refractivity contribution is 7.89. The van der Waals surface area contributed by atoms with Gasteiger partial charge in [0.05, 0.1) is 10.5 Å². The third-order valence-corrected chi connectivity index (χ3v) is 2.71. The SMILES string of the molecule is Cc1nc(N)cc(S(N)(=O)=O)c1C(F)F. The lowest BCUT2D eigenvalue weighted by molar-refractivity contribution is 0.146. The van der Waals surface area contributed by atoms with Gasteiger partial charge in [0.2, 0.25) is 10.0 Å². The minimum absolute atomic E-state index is 0.144. The molecule has 1 rings (SSSR count). The number of halogens is 2. The topological polar surface area (TPSA) is 99.1 Å². The average Bonchev–Trinajstić information content (AvgIpc) is 1.99. The zero-order chi connectivity index (χ0) is 11.8. The summed E-state index contributed by atoms with van der Waals surface area (Å²) in [6.07, 6.45) is -2.97. The molecule has 0 atom stereocenters. The van der Waals surface area contributed by atoms with E-state index in [0.717, 1.165) is 6.07 Å². The van der Waals surface area contributed by atoms with E-state index in [1.807, 2.05) is 0 Å². The molecule has 15 heavy (non-hydrogen) atoms. The fourth-order valence-corrected chi connectivity index (χ4v) is 2.01. The predicted octanol–water partition coefficient (Wildman–Crippen LogP) is 0.557. The Labute approximate surface area is 85.2 Å². The molecular formula is C7H9F2N3O2S. The summed E-state index contributed by atoms with van der Waals surface area (Å²) in [6, 6.07) is 0.823. The molecule has 5 nitrogen and oxygen atoms in total. The van der Waals surface area contributed by atoms with Crippen molar-refractivity contribution in [2.75, 3.05) is 5.73 Å². The third kappa shape index (κ3) is 2.39. The summed E-state index contributed by atoms with van der Waals surface area (Å²) in [4.78, 5) is 2.87. The first-order valence-corrected chi connectivity index (χ1v) is 5.36. The van der Waals surface area contributed by atoms with Gasteiger partial charge < -0.3 is 5.73 Å². The van der Waals surface area contributed by atoms with Gasteiger partial charge in [-0.2, -0.15) is 0 Å². The Morgan fingerprint density at radius 2 is 2.00 bits per heavy atom. The fourth-order valence-electron chi connectivity index (χ4n) is 1.18. The van der Waals surface area contributed by atoms with E-state index in [9.17, 15) is 17.2 Å². The number of aromatic nitrogens is 1. The Kier molecular flexibility index (Phi) is 2.91. The molecule has 0 amide bonds. The fraction of sp³-hybridized carbons (Fsp3) is 0.286. The van der Waals surface area contributed by atoms with E-state index >= 15 is 0 Å². The highest BCUT2D eigenvalue weighted by atomic mass is 32.2. The number of pyridine rings is 1. The number of hydrogen-bond donors (Lipinski definition) is 2. The largest absolute Gasteiger partial charge is 0.384 e. The molecule has 8 heteroatoms. The number of hydrogen-bond acceptors (Lipinski definition) is 4. The molecule has 1 heterocycles. The van der Waals surface area contributed by atoms with Crippen molar-refractivity contribution >= 4 is 15.8 Å². The van der Waals surface area contributed by atoms with Crippen LogP contribution in [0.15, 0.2) is 11.0 Å². The summed E-state index contributed by atoms with van der Waals surface area (Å²) in [5, 5.41) is 4.79. The van der Waals surface area contributed by atoms with Crippen LogP contribution in [0, 0.1) is 6.92 Å². The Balaban J connectivity index is 3.62. The molecule has 0 spiro atoms. The molecule has 0 fully saturated rings. The standard InChI is InChI=1S/C7H9F2N3O2S/c1-3-6(7(8)9)4(15(11,13)14)2-5(10)12-3/h2,7H,1H3,(H2,10,12)(H2,11,13,14). The molecule has 4 N–H and O–H groups in total. The van der Waals surface area contributed by atoms with E-state index in [2.05, 4.69) is 4.98 Å². The van der Waals surface area contributed by atoms with Gasteiger partial charge in [-0.3, -0.25) is 0 Å². The number of nitrogens with zero attached hydrogens (tertiary/aromatic N) is 1. The Morgan fingerprint density at radius 1 is 1.47 bits per heavy atom. The summed E-state index contributed by atoms with van der Waals surface area (Å²) >= 11 is 0. The molecule has 0 aliphatic rings. The quantitative estimate of drug-likeness (QED) is 0.784. The smallest absolute Gasteiger partial charge is 0.266 e. The Morgan fingerprint density at radius 3 is 2.40 bits per heavy atom. The molecule has 0 unspecified atom stereocenters. The summed E-state index contributed by atoms with van der Waals surface area (Å²) in [7, 11) is -4.22. The van der Waals surface area contributed by atoms with Gasteiger partial charge >= 0.3 is 0 Å². The van der Waals surface area contributed by atoms with Gasteiger partial charge in [0.15, 0.2) is 0 Å². The van der Waals surface area contributed by atoms with Crippen molar-refractivity contribution in [1.29, 1.82) is 0 Å². The lowest BCUT2D eigenvalue weighted by Gasteiger charge is -2.10. The predicted molar refractivity (Wildman–Crippen MR) is 49.7 cm³/mol. The summed E-state index contributed by atoms with van der Waals surface area (Å²) in [5.41, 5.74) is 4.40. The molecule has 1 aromatic heterocycles. The summed E-state index contributed by atoms with van der Waals surface area (Å²) < 4.78 is 47.1. The number of anilines is 1. The van der Waals surface area contributed by atoms with Crippen LogP contribution in [0.5, 0.6) is 0 Å². The summed E-state index contributed by atoms with van der Waals surface area (Å²) in [5.74, 6) is -0.166. The van der Waals surface area contributed by atoms with Crippen molar-refractivity contribution in [2.45, 2.75) is 18.2 Å². The molecule has 0 saturated carbocycles. The van der Waals surface area contributed by atoms with Gasteiger partial charge in [-0.25, -0.2) is 27.3 Å². The number of sulfonamides is 1. The lowest BCUT2D eigenvalue weighted by atomic mass is 10.2. The van der Waals surface area contributed by atoms with Crippen LogP contribution in [0.1, 0.15) is 17.7 Å². The average molecular weight is 237 g/mol. The normalized spacial score (nSPS) is 12.1. The van der Waals surface area contributed by atoms with Crippen LogP contribution in [0.4, 0.5) is 14.6 Å². The van der Waals surface area contributed by atoms with Crippen molar-refractivity contribution in [1.82, 2.24) is 4.98 Å². The van der Waals surface area contributed by atoms with Gasteiger partial charge in [0.1, 0.15) is 5.82 Å². The molecule has 0 aliphatic heterocycles. The first-order valence-electron chi connectivity index (χ1n) is 3.81. The van der Waals surface area contributed by atoms with Crippen molar-refractivity contribution in [2.24, 2.45) is 5.14 Å². The lowest BCUT2D eigenvalue weighted by Crippen LogP contribution is -2.17. The molecule has 0 radical (unpaired) electrons. The molecule has 84 valence electrons. The van der Waals surface area contributed by atoms with E-state index in [-0.39, 0.29) is 11.5 Å². The highest BCUT2D eigenvalue weighted by Gasteiger charge is 2.24. The van der Waals surface area contributed by atoms with Crippen molar-refractivity contribution in [3.63, 3.8) is 0 Å². The minimum atomic E-state index is -4.22. The minimum Gasteiger partial charge on any atom is -0.384 e. The van der Waals surface area contributed by atoms with Gasteiger partial charge in [-0.05, 0) is 6.92 Å². The second kappa shape index (κ2) is 3.70. The third-order valence-electron chi connectivity index (χ3n) is 1.76. The van der Waals surface area contributed by atoms with Crippen LogP contribution in [-0.4, -0.2) is 13.4 Å². The van der Waals surface area contributed by atoms with Crippen molar-refractivity contribution in [3.8, 4) is 0 Å². The molecule has 0 aliphatic carbocycles. The second-order valence-electron chi connectivity index (χ2n) is 2.89. The molecule has 0 bridgehead atoms. The number of aryl methyl sites for hydroxylation is 1. The highest BCUT2D eigenvalue weighted by Crippen LogP contribution is 2.29. The maximum Gasteiger partial charge on any atom is 0.266 e. The zero-order valence-electron chi connectivity index (χ0n) is 7.74. The van der Waals surface area contributed by atoms with Crippen LogP contribution in [0.3, 0.4) is 0 Å². The van der Waals surface area contributed by atoms with Crippen molar-refractivity contribution in [3.05, 3.63) is 17.3 Å². The van der Waals surface area contributed by atoms with E-state index in [1.165, 1.54) is 6.92 Å². The van der Waals surface area contributed by atoms with Crippen LogP contribution >= 0.6 is 0 Å². The maximum absolute atomic E-state index is 12.5. The molecule has 0 saturated heterocycles. The Hall–Kier alpha value is -1.28. The number of nitrogen functional groups attached to an aromatic ring is 1. The van der Waals surface area contributed by atoms with E-state index in [0.29, 0.717) is 0 Å². The Bertz CT molecular complexity index is 487. The van der Waals surface area contributed by atoms with Crippen LogP contribution in [-0.2, 0) is 10.0 Å². The van der Waals surface area contributed by atoms with Crippen molar-refractivity contribution < 1.29 is 17.2 Å². The monoisotopic (exact) mass is 237 g/mol. The molecular weight excluding hydrogens is 228 g/mol. The first kappa shape index (κ1) is 11.8. The van der Waals surface area contributed by atoms with E-state index in [1.54, 1.807) is 0 Å². The first-order chi connectivity index (χ1) is 6.73. The number of rotatable bonds is 2. The van der Waals surface area contributed by atoms with Crippen LogP contribution < -0.4 is 10.9 Å². The van der Waals surface area contributed by atoms with E-state index < -0.39 is 26.9 Å². The summed E-state index contributed by atoms with van der Waals surface area (Å²) in [6.45, 7) is 1.24. The molecule has 0 aromatic carbocycles. The number of primary sulfonamides is 1. The second-order valence-corrected chi connectivity index (χ2v) is 4.42. The number of alkyl halides is 2. The van der Waals surface area contributed by atoms with Gasteiger partial charge in [-0.15, -0.1) is 0 Å². The van der Waals surface area contributed by atoms with E-state index in [4.69, 9.17) is 10.9 Å². The van der Waals surface area contributed by atoms with Gasteiger partial charge in [0, 0.05) is 11.8 Å². The number of nitrogens with two attached hydrogens (primary N) is 2. The van der Waals surface area contributed by atoms with Crippen LogP contribution in [0.25, 0.3) is 0 Å². The zero-order valence-corrected chi connectivity index (χ0v) is 8.55. The van der Waals surface area contributed by atoms with Gasteiger partial charge in [-0.1, -0.05) is 0 Å². The maximum atomic E-state index is 12.5. The molecule has 1 aromatic rings.